The number of anilines is 2. The van der Waals surface area contributed by atoms with E-state index in [0.29, 0.717) is 23.1 Å². The molecule has 1 aromatic heterocycles. The molecule has 1 aliphatic rings. The molecule has 0 saturated heterocycles. The summed E-state index contributed by atoms with van der Waals surface area (Å²) < 4.78 is 0. The molecule has 4 N–H and O–H groups in total. The highest BCUT2D eigenvalue weighted by Gasteiger charge is 2.47. The Bertz CT molecular complexity index is 408. The summed E-state index contributed by atoms with van der Waals surface area (Å²) in [5.74, 6) is 0.595. The fourth-order valence-electron chi connectivity index (χ4n) is 1.87. The van der Waals surface area contributed by atoms with Crippen LogP contribution in [-0.4, -0.2) is 22.2 Å². The number of nitrogens with two attached hydrogens (primary N) is 1. The number of nitrogens with one attached hydrogen (secondary N) is 1. The molecule has 2 rings (SSSR count). The molecule has 88 valence electrons. The molecule has 1 heterocycles. The van der Waals surface area contributed by atoms with Crippen LogP contribution in [0.15, 0.2) is 12.1 Å². The van der Waals surface area contributed by atoms with Gasteiger partial charge in [-0.3, -0.25) is 0 Å². The third-order valence-electron chi connectivity index (χ3n) is 3.42. The zero-order valence-electron chi connectivity index (χ0n) is 9.37. The van der Waals surface area contributed by atoms with Crippen molar-refractivity contribution in [3.05, 3.63) is 17.3 Å². The smallest absolute Gasteiger partial charge is 0.151 e. The van der Waals surface area contributed by atoms with E-state index in [2.05, 4.69) is 10.3 Å². The van der Waals surface area contributed by atoms with Crippen molar-refractivity contribution in [3.8, 4) is 0 Å². The Balaban J connectivity index is 2.13. The standard InChI is InChI=1S/C11H16ClN3O/c1-11(2)7(5-8(11)16)14-10-6(13)3-4-9(12)15-10/h3-4,7-8,16H,5,13H2,1-2H3,(H,14,15). The lowest BCUT2D eigenvalue weighted by molar-refractivity contribution is -0.0511. The number of aliphatic hydroxyl groups is 1. The molecule has 0 amide bonds. The third-order valence-corrected chi connectivity index (χ3v) is 3.63. The molecule has 0 aliphatic heterocycles. The minimum absolute atomic E-state index is 0.156. The Morgan fingerprint density at radius 1 is 1.56 bits per heavy atom. The summed E-state index contributed by atoms with van der Waals surface area (Å²) >= 11 is 5.81. The number of aliphatic hydroxyl groups excluding tert-OH is 1. The second kappa shape index (κ2) is 3.79. The second-order valence-electron chi connectivity index (χ2n) is 4.84. The van der Waals surface area contributed by atoms with Gasteiger partial charge in [-0.1, -0.05) is 25.4 Å². The number of rotatable bonds is 2. The van der Waals surface area contributed by atoms with Gasteiger partial charge in [0.15, 0.2) is 5.82 Å². The number of aromatic nitrogens is 1. The maximum absolute atomic E-state index is 9.63. The van der Waals surface area contributed by atoms with Gasteiger partial charge in [0.2, 0.25) is 0 Å². The van der Waals surface area contributed by atoms with Gasteiger partial charge >= 0.3 is 0 Å². The first-order valence-electron chi connectivity index (χ1n) is 5.28. The van der Waals surface area contributed by atoms with Crippen LogP contribution in [0.3, 0.4) is 0 Å². The molecule has 2 unspecified atom stereocenters. The first-order chi connectivity index (χ1) is 7.41. The molecule has 5 heteroatoms. The van der Waals surface area contributed by atoms with Crippen molar-refractivity contribution in [2.45, 2.75) is 32.4 Å². The van der Waals surface area contributed by atoms with E-state index in [0.717, 1.165) is 0 Å². The highest BCUT2D eigenvalue weighted by atomic mass is 35.5. The number of hydrogen-bond donors (Lipinski definition) is 3. The molecular weight excluding hydrogens is 226 g/mol. The topological polar surface area (TPSA) is 71.2 Å². The predicted octanol–water partition coefficient (Wildman–Crippen LogP) is 1.89. The third kappa shape index (κ3) is 1.83. The predicted molar refractivity (Wildman–Crippen MR) is 65.5 cm³/mol. The van der Waals surface area contributed by atoms with Crippen LogP contribution in [0.2, 0.25) is 5.15 Å². The van der Waals surface area contributed by atoms with Crippen LogP contribution in [0.5, 0.6) is 0 Å². The minimum atomic E-state index is -0.273. The lowest BCUT2D eigenvalue weighted by atomic mass is 9.64. The van der Waals surface area contributed by atoms with Gasteiger partial charge in [-0.15, -0.1) is 0 Å². The van der Waals surface area contributed by atoms with E-state index >= 15 is 0 Å². The summed E-state index contributed by atoms with van der Waals surface area (Å²) in [6.07, 6.45) is 0.436. The molecule has 16 heavy (non-hydrogen) atoms. The number of nitrogen functional groups attached to an aromatic ring is 1. The lowest BCUT2D eigenvalue weighted by Gasteiger charge is -2.49. The van der Waals surface area contributed by atoms with Crippen molar-refractivity contribution >= 4 is 23.1 Å². The summed E-state index contributed by atoms with van der Waals surface area (Å²) in [6.45, 7) is 4.03. The summed E-state index contributed by atoms with van der Waals surface area (Å²) in [5, 5.41) is 13.3. The molecule has 0 spiro atoms. The van der Waals surface area contributed by atoms with Gasteiger partial charge in [0.25, 0.3) is 0 Å². The maximum atomic E-state index is 9.63. The van der Waals surface area contributed by atoms with Crippen LogP contribution in [-0.2, 0) is 0 Å². The first-order valence-corrected chi connectivity index (χ1v) is 5.65. The fourth-order valence-corrected chi connectivity index (χ4v) is 2.02. The molecule has 4 nitrogen and oxygen atoms in total. The number of pyridine rings is 1. The van der Waals surface area contributed by atoms with E-state index in [1.54, 1.807) is 12.1 Å². The monoisotopic (exact) mass is 241 g/mol. The molecule has 1 aromatic rings. The molecule has 2 atom stereocenters. The normalized spacial score (nSPS) is 27.2. The summed E-state index contributed by atoms with van der Waals surface area (Å²) in [7, 11) is 0. The van der Waals surface area contributed by atoms with Crippen molar-refractivity contribution < 1.29 is 5.11 Å². The van der Waals surface area contributed by atoms with E-state index in [1.165, 1.54) is 0 Å². The SMILES string of the molecule is CC1(C)C(O)CC1Nc1nc(Cl)ccc1N. The fraction of sp³-hybridized carbons (Fsp3) is 0.545. The van der Waals surface area contributed by atoms with Gasteiger partial charge in [-0.05, 0) is 18.6 Å². The van der Waals surface area contributed by atoms with Crippen LogP contribution >= 0.6 is 11.6 Å². The van der Waals surface area contributed by atoms with Gasteiger partial charge in [0.05, 0.1) is 11.8 Å². The van der Waals surface area contributed by atoms with Crippen molar-refractivity contribution in [2.75, 3.05) is 11.1 Å². The minimum Gasteiger partial charge on any atom is -0.396 e. The summed E-state index contributed by atoms with van der Waals surface area (Å²) in [6, 6.07) is 3.55. The number of halogens is 1. The quantitative estimate of drug-likeness (QED) is 0.692. The Labute approximate surface area is 99.8 Å². The molecule has 0 aromatic carbocycles. The van der Waals surface area contributed by atoms with E-state index < -0.39 is 0 Å². The summed E-state index contributed by atoms with van der Waals surface area (Å²) in [5.41, 5.74) is 6.21. The van der Waals surface area contributed by atoms with Crippen LogP contribution in [0.25, 0.3) is 0 Å². The second-order valence-corrected chi connectivity index (χ2v) is 5.23. The average molecular weight is 242 g/mol. The first kappa shape index (κ1) is 11.5. The van der Waals surface area contributed by atoms with Crippen LogP contribution in [0.1, 0.15) is 20.3 Å². The van der Waals surface area contributed by atoms with Crippen LogP contribution in [0.4, 0.5) is 11.5 Å². The highest BCUT2D eigenvalue weighted by molar-refractivity contribution is 6.29. The number of hydrogen-bond acceptors (Lipinski definition) is 4. The molecule has 1 saturated carbocycles. The van der Waals surface area contributed by atoms with E-state index in [9.17, 15) is 5.11 Å². The van der Waals surface area contributed by atoms with Gasteiger partial charge in [-0.2, -0.15) is 0 Å². The van der Waals surface area contributed by atoms with E-state index in [-0.39, 0.29) is 17.6 Å². The Kier molecular flexibility index (Phi) is 2.72. The molecule has 0 bridgehead atoms. The number of nitrogens with zero attached hydrogens (tertiary/aromatic N) is 1. The van der Waals surface area contributed by atoms with Crippen molar-refractivity contribution in [3.63, 3.8) is 0 Å². The average Bonchev–Trinajstić information content (AvgIpc) is 2.23. The zero-order valence-corrected chi connectivity index (χ0v) is 10.1. The largest absolute Gasteiger partial charge is 0.396 e. The Morgan fingerprint density at radius 3 is 2.81 bits per heavy atom. The van der Waals surface area contributed by atoms with Crippen molar-refractivity contribution in [2.24, 2.45) is 5.41 Å². The van der Waals surface area contributed by atoms with E-state index in [1.807, 2.05) is 13.8 Å². The van der Waals surface area contributed by atoms with Gasteiger partial charge in [0, 0.05) is 11.5 Å². The molecule has 1 aliphatic carbocycles. The van der Waals surface area contributed by atoms with Crippen molar-refractivity contribution in [1.29, 1.82) is 0 Å². The van der Waals surface area contributed by atoms with Crippen molar-refractivity contribution in [1.82, 2.24) is 4.98 Å². The van der Waals surface area contributed by atoms with E-state index in [4.69, 9.17) is 17.3 Å². The van der Waals surface area contributed by atoms with Gasteiger partial charge in [0.1, 0.15) is 5.15 Å². The molecule has 1 fully saturated rings. The van der Waals surface area contributed by atoms with Crippen LogP contribution in [0, 0.1) is 5.41 Å². The van der Waals surface area contributed by atoms with Crippen LogP contribution < -0.4 is 11.1 Å². The van der Waals surface area contributed by atoms with Gasteiger partial charge < -0.3 is 16.2 Å². The Morgan fingerprint density at radius 2 is 2.25 bits per heavy atom. The Hall–Kier alpha value is -1.00. The van der Waals surface area contributed by atoms with Gasteiger partial charge in [-0.25, -0.2) is 4.98 Å². The zero-order chi connectivity index (χ0) is 11.9. The summed E-state index contributed by atoms with van der Waals surface area (Å²) in [4.78, 5) is 4.13. The highest BCUT2D eigenvalue weighted by Crippen LogP contribution is 2.42. The molecular formula is C11H16ClN3O. The molecule has 0 radical (unpaired) electrons. The maximum Gasteiger partial charge on any atom is 0.151 e. The lowest BCUT2D eigenvalue weighted by Crippen LogP contribution is -2.57.